The molecule has 1 aliphatic rings. The van der Waals surface area contributed by atoms with Crippen LogP contribution in [-0.4, -0.2) is 49.8 Å². The number of alkyl halides is 3. The van der Waals surface area contributed by atoms with Gasteiger partial charge in [0.15, 0.2) is 11.3 Å². The Balaban J connectivity index is 1.46. The number of carbonyl (C=O) groups is 1. The number of benzene rings is 1. The van der Waals surface area contributed by atoms with E-state index in [-0.39, 0.29) is 34.9 Å². The summed E-state index contributed by atoms with van der Waals surface area (Å²) < 4.78 is 52.8. The maximum absolute atomic E-state index is 13.6. The highest BCUT2D eigenvalue weighted by Gasteiger charge is 2.34. The molecule has 180 valence electrons. The zero-order valence-corrected chi connectivity index (χ0v) is 18.4. The number of imidazole rings is 1. The molecule has 0 aliphatic carbocycles. The summed E-state index contributed by atoms with van der Waals surface area (Å²) in [6.07, 6.45) is -1.26. The molecule has 1 aliphatic heterocycles. The predicted molar refractivity (Wildman–Crippen MR) is 118 cm³/mol. The molecule has 1 fully saturated rings. The van der Waals surface area contributed by atoms with Crippen LogP contribution in [0.25, 0.3) is 16.9 Å². The summed E-state index contributed by atoms with van der Waals surface area (Å²) in [5.74, 6) is -0.413. The summed E-state index contributed by atoms with van der Waals surface area (Å²) in [6, 6.07) is 8.23. The Morgan fingerprint density at radius 1 is 1.23 bits per heavy atom. The molecule has 9 nitrogen and oxygen atoms in total. The highest BCUT2D eigenvalue weighted by molar-refractivity contribution is 6.03. The highest BCUT2D eigenvalue weighted by Crippen LogP contribution is 2.36. The Morgan fingerprint density at radius 3 is 2.83 bits per heavy atom. The van der Waals surface area contributed by atoms with Crippen molar-refractivity contribution in [3.8, 4) is 17.3 Å². The molecule has 1 aromatic carbocycles. The van der Waals surface area contributed by atoms with Crippen LogP contribution in [0, 0.1) is 6.92 Å². The van der Waals surface area contributed by atoms with Crippen molar-refractivity contribution in [3.63, 3.8) is 0 Å². The van der Waals surface area contributed by atoms with Gasteiger partial charge in [0.1, 0.15) is 11.9 Å². The topological polar surface area (TPSA) is 104 Å². The quantitative estimate of drug-likeness (QED) is 0.458. The SMILES string of the molecule is Cc1cc(-c2ccccc2C(F)(F)F)nn2c(C(=O)Nc3ccnc(O[C@@H]4CCOC4)n3)cnc12. The summed E-state index contributed by atoms with van der Waals surface area (Å²) >= 11 is 0. The normalized spacial score (nSPS) is 15.9. The van der Waals surface area contributed by atoms with E-state index in [0.717, 1.165) is 6.07 Å². The minimum atomic E-state index is -4.56. The third-order valence-corrected chi connectivity index (χ3v) is 5.43. The number of halogens is 3. The van der Waals surface area contributed by atoms with Crippen LogP contribution < -0.4 is 10.1 Å². The molecule has 0 spiro atoms. The van der Waals surface area contributed by atoms with E-state index in [1.807, 2.05) is 0 Å². The zero-order chi connectivity index (χ0) is 24.6. The van der Waals surface area contributed by atoms with E-state index in [4.69, 9.17) is 9.47 Å². The maximum Gasteiger partial charge on any atom is 0.417 e. The second kappa shape index (κ2) is 8.95. The number of aryl methyl sites for hydroxylation is 1. The molecule has 0 unspecified atom stereocenters. The van der Waals surface area contributed by atoms with Gasteiger partial charge in [-0.3, -0.25) is 4.79 Å². The van der Waals surface area contributed by atoms with E-state index in [0.29, 0.717) is 30.8 Å². The standard InChI is InChI=1S/C23H19F3N6O3/c1-13-10-17(15-4-2-3-5-16(15)23(24,25)26)31-32-18(11-28-20(13)32)21(33)29-19-6-8-27-22(30-19)35-14-7-9-34-12-14/h2-6,8,10-11,14H,7,9,12H2,1H3,(H,27,29,30,33)/t14-/m1/s1. The number of rotatable bonds is 5. The lowest BCUT2D eigenvalue weighted by Crippen LogP contribution is -2.19. The van der Waals surface area contributed by atoms with Crippen molar-refractivity contribution in [2.75, 3.05) is 18.5 Å². The fourth-order valence-electron chi connectivity index (χ4n) is 3.76. The first-order chi connectivity index (χ1) is 16.8. The molecule has 1 saturated heterocycles. The summed E-state index contributed by atoms with van der Waals surface area (Å²) in [5, 5.41) is 6.95. The van der Waals surface area contributed by atoms with Gasteiger partial charge < -0.3 is 14.8 Å². The van der Waals surface area contributed by atoms with Crippen LogP contribution in [0.2, 0.25) is 0 Å². The van der Waals surface area contributed by atoms with Crippen LogP contribution in [-0.2, 0) is 10.9 Å². The molecule has 1 atom stereocenters. The van der Waals surface area contributed by atoms with E-state index in [9.17, 15) is 18.0 Å². The fraction of sp³-hybridized carbons (Fsp3) is 0.261. The van der Waals surface area contributed by atoms with Crippen molar-refractivity contribution in [2.24, 2.45) is 0 Å². The number of nitrogens with one attached hydrogen (secondary N) is 1. The number of hydrogen-bond donors (Lipinski definition) is 1. The fourth-order valence-corrected chi connectivity index (χ4v) is 3.76. The molecule has 0 radical (unpaired) electrons. The maximum atomic E-state index is 13.6. The molecule has 0 saturated carbocycles. The van der Waals surface area contributed by atoms with Crippen LogP contribution in [0.3, 0.4) is 0 Å². The number of ether oxygens (including phenoxy) is 2. The minimum absolute atomic E-state index is 0.0275. The third kappa shape index (κ3) is 4.64. The Labute approximate surface area is 196 Å². The van der Waals surface area contributed by atoms with Gasteiger partial charge in [0, 0.05) is 18.2 Å². The lowest BCUT2D eigenvalue weighted by Gasteiger charge is -2.13. The average Bonchev–Trinajstić information content (AvgIpc) is 3.49. The molecule has 4 heterocycles. The van der Waals surface area contributed by atoms with E-state index in [1.165, 1.54) is 47.2 Å². The first-order valence-electron chi connectivity index (χ1n) is 10.7. The first-order valence-corrected chi connectivity index (χ1v) is 10.7. The van der Waals surface area contributed by atoms with Crippen LogP contribution in [0.4, 0.5) is 19.0 Å². The number of hydrogen-bond acceptors (Lipinski definition) is 7. The Bertz CT molecular complexity index is 1400. The van der Waals surface area contributed by atoms with Gasteiger partial charge in [-0.15, -0.1) is 0 Å². The molecule has 35 heavy (non-hydrogen) atoms. The van der Waals surface area contributed by atoms with Crippen LogP contribution in [0.1, 0.15) is 28.0 Å². The predicted octanol–water partition coefficient (Wildman–Crippen LogP) is 3.93. The van der Waals surface area contributed by atoms with Crippen molar-refractivity contribution in [1.29, 1.82) is 0 Å². The summed E-state index contributed by atoms with van der Waals surface area (Å²) in [4.78, 5) is 25.5. The van der Waals surface area contributed by atoms with Crippen molar-refractivity contribution in [1.82, 2.24) is 24.6 Å². The lowest BCUT2D eigenvalue weighted by molar-refractivity contribution is -0.137. The van der Waals surface area contributed by atoms with Crippen LogP contribution in [0.15, 0.2) is 48.8 Å². The van der Waals surface area contributed by atoms with Gasteiger partial charge in [-0.2, -0.15) is 23.3 Å². The third-order valence-electron chi connectivity index (χ3n) is 5.43. The van der Waals surface area contributed by atoms with Crippen molar-refractivity contribution in [3.05, 3.63) is 65.6 Å². The van der Waals surface area contributed by atoms with Crippen molar-refractivity contribution < 1.29 is 27.4 Å². The molecule has 12 heteroatoms. The van der Waals surface area contributed by atoms with Gasteiger partial charge in [0.05, 0.1) is 30.7 Å². The van der Waals surface area contributed by atoms with Gasteiger partial charge in [-0.05, 0) is 30.7 Å². The molecular weight excluding hydrogens is 465 g/mol. The number of amides is 1. The van der Waals surface area contributed by atoms with Crippen LogP contribution in [0.5, 0.6) is 6.01 Å². The Morgan fingerprint density at radius 2 is 2.06 bits per heavy atom. The smallest absolute Gasteiger partial charge is 0.417 e. The number of carbonyl (C=O) groups excluding carboxylic acids is 1. The van der Waals surface area contributed by atoms with E-state index in [2.05, 4.69) is 25.4 Å². The highest BCUT2D eigenvalue weighted by atomic mass is 19.4. The second-order valence-corrected chi connectivity index (χ2v) is 7.92. The molecule has 3 aromatic heterocycles. The number of anilines is 1. The summed E-state index contributed by atoms with van der Waals surface area (Å²) in [6.45, 7) is 2.72. The Kier molecular flexibility index (Phi) is 5.81. The largest absolute Gasteiger partial charge is 0.458 e. The molecule has 0 bridgehead atoms. The van der Waals surface area contributed by atoms with Gasteiger partial charge in [-0.1, -0.05) is 18.2 Å². The molecule has 5 rings (SSSR count). The number of nitrogens with zero attached hydrogens (tertiary/aromatic N) is 5. The summed E-state index contributed by atoms with van der Waals surface area (Å²) in [7, 11) is 0. The second-order valence-electron chi connectivity index (χ2n) is 7.92. The van der Waals surface area contributed by atoms with Gasteiger partial charge in [0.2, 0.25) is 0 Å². The van der Waals surface area contributed by atoms with Crippen molar-refractivity contribution >= 4 is 17.4 Å². The number of fused-ring (bicyclic) bond motifs is 1. The Hall–Kier alpha value is -4.06. The van der Waals surface area contributed by atoms with Gasteiger partial charge in [0.25, 0.3) is 5.91 Å². The zero-order valence-electron chi connectivity index (χ0n) is 18.4. The van der Waals surface area contributed by atoms with E-state index in [1.54, 1.807) is 6.92 Å². The average molecular weight is 484 g/mol. The van der Waals surface area contributed by atoms with Gasteiger partial charge >= 0.3 is 12.2 Å². The molecule has 1 N–H and O–H groups in total. The van der Waals surface area contributed by atoms with E-state index < -0.39 is 17.6 Å². The van der Waals surface area contributed by atoms with Gasteiger partial charge in [-0.25, -0.2) is 14.5 Å². The molecular formula is C23H19F3N6O3. The first kappa shape index (κ1) is 22.7. The number of aromatic nitrogens is 5. The van der Waals surface area contributed by atoms with E-state index >= 15 is 0 Å². The van der Waals surface area contributed by atoms with Crippen LogP contribution >= 0.6 is 0 Å². The molecule has 4 aromatic rings. The van der Waals surface area contributed by atoms with Crippen molar-refractivity contribution in [2.45, 2.75) is 25.6 Å². The lowest BCUT2D eigenvalue weighted by atomic mass is 10.0. The minimum Gasteiger partial charge on any atom is -0.458 e. The summed E-state index contributed by atoms with van der Waals surface area (Å²) in [5.41, 5.74) is 0.0714. The monoisotopic (exact) mass is 484 g/mol. The molecule has 1 amide bonds.